The van der Waals surface area contributed by atoms with Gasteiger partial charge >= 0.3 is 0 Å². The molecule has 0 aromatic heterocycles. The molecule has 0 aliphatic carbocycles. The van der Waals surface area contributed by atoms with Crippen molar-refractivity contribution >= 4 is 17.5 Å². The lowest BCUT2D eigenvalue weighted by molar-refractivity contribution is -0.116. The Bertz CT molecular complexity index is 776. The van der Waals surface area contributed by atoms with Gasteiger partial charge < -0.3 is 24.8 Å². The van der Waals surface area contributed by atoms with Crippen LogP contribution in [0.5, 0.6) is 17.2 Å². The number of carbonyl (C=O) groups excluding carboxylic acids is 2. The van der Waals surface area contributed by atoms with Gasteiger partial charge in [-0.3, -0.25) is 9.59 Å². The summed E-state index contributed by atoms with van der Waals surface area (Å²) in [6, 6.07) is 11.9. The minimum Gasteiger partial charge on any atom is -0.497 e. The number of benzene rings is 2. The number of hydrogen-bond donors (Lipinski definition) is 2. The van der Waals surface area contributed by atoms with E-state index in [0.717, 1.165) is 0 Å². The SMILES string of the molecule is COc1cccc(C(=O)NCCC(=O)Nc2ccc(OC)cc2OC)c1. The summed E-state index contributed by atoms with van der Waals surface area (Å²) in [5.74, 6) is 1.23. The van der Waals surface area contributed by atoms with Crippen LogP contribution in [0, 0.1) is 0 Å². The summed E-state index contributed by atoms with van der Waals surface area (Å²) < 4.78 is 15.4. The molecule has 0 bridgehead atoms. The molecule has 0 saturated heterocycles. The normalized spacial score (nSPS) is 9.96. The molecule has 0 heterocycles. The molecule has 0 aliphatic rings. The maximum Gasteiger partial charge on any atom is 0.251 e. The predicted molar refractivity (Wildman–Crippen MR) is 98.1 cm³/mol. The highest BCUT2D eigenvalue weighted by Gasteiger charge is 2.10. The lowest BCUT2D eigenvalue weighted by Crippen LogP contribution is -2.27. The summed E-state index contributed by atoms with van der Waals surface area (Å²) in [4.78, 5) is 24.2. The maximum absolute atomic E-state index is 12.1. The summed E-state index contributed by atoms with van der Waals surface area (Å²) >= 11 is 0. The Balaban J connectivity index is 1.86. The van der Waals surface area contributed by atoms with E-state index in [1.54, 1.807) is 49.6 Å². The van der Waals surface area contributed by atoms with E-state index in [1.807, 2.05) is 0 Å². The molecule has 0 aliphatic heterocycles. The van der Waals surface area contributed by atoms with Crippen LogP contribution in [0.15, 0.2) is 42.5 Å². The molecule has 2 N–H and O–H groups in total. The van der Waals surface area contributed by atoms with Crippen molar-refractivity contribution in [2.24, 2.45) is 0 Å². The van der Waals surface area contributed by atoms with E-state index in [0.29, 0.717) is 28.5 Å². The summed E-state index contributed by atoms with van der Waals surface area (Å²) in [6.07, 6.45) is 0.130. The largest absolute Gasteiger partial charge is 0.497 e. The molecule has 0 spiro atoms. The zero-order valence-corrected chi connectivity index (χ0v) is 15.0. The fraction of sp³-hybridized carbons (Fsp3) is 0.263. The minimum absolute atomic E-state index is 0.130. The van der Waals surface area contributed by atoms with Crippen molar-refractivity contribution in [3.8, 4) is 17.2 Å². The average molecular weight is 358 g/mol. The van der Waals surface area contributed by atoms with E-state index >= 15 is 0 Å². The number of nitrogens with one attached hydrogen (secondary N) is 2. The van der Waals surface area contributed by atoms with Gasteiger partial charge in [-0.2, -0.15) is 0 Å². The van der Waals surface area contributed by atoms with E-state index < -0.39 is 0 Å². The van der Waals surface area contributed by atoms with E-state index in [4.69, 9.17) is 14.2 Å². The van der Waals surface area contributed by atoms with E-state index in [2.05, 4.69) is 10.6 Å². The van der Waals surface area contributed by atoms with Crippen LogP contribution in [-0.4, -0.2) is 39.7 Å². The Morgan fingerprint density at radius 1 is 0.923 bits per heavy atom. The lowest BCUT2D eigenvalue weighted by Gasteiger charge is -2.12. The smallest absolute Gasteiger partial charge is 0.251 e. The van der Waals surface area contributed by atoms with Crippen molar-refractivity contribution in [1.29, 1.82) is 0 Å². The quantitative estimate of drug-likeness (QED) is 0.757. The van der Waals surface area contributed by atoms with Crippen LogP contribution in [0.25, 0.3) is 0 Å². The summed E-state index contributed by atoms with van der Waals surface area (Å²) in [6.45, 7) is 0.209. The molecular formula is C19H22N2O5. The first-order chi connectivity index (χ1) is 12.6. The van der Waals surface area contributed by atoms with Crippen molar-refractivity contribution in [1.82, 2.24) is 5.32 Å². The monoisotopic (exact) mass is 358 g/mol. The molecule has 2 amide bonds. The van der Waals surface area contributed by atoms with Gasteiger partial charge in [-0.25, -0.2) is 0 Å². The van der Waals surface area contributed by atoms with Crippen LogP contribution in [0.4, 0.5) is 5.69 Å². The second kappa shape index (κ2) is 9.31. The van der Waals surface area contributed by atoms with Crippen molar-refractivity contribution < 1.29 is 23.8 Å². The molecule has 0 unspecified atom stereocenters. The number of methoxy groups -OCH3 is 3. The van der Waals surface area contributed by atoms with Crippen LogP contribution < -0.4 is 24.8 Å². The first-order valence-corrected chi connectivity index (χ1v) is 8.01. The first-order valence-electron chi connectivity index (χ1n) is 8.01. The Morgan fingerprint density at radius 2 is 1.65 bits per heavy atom. The molecule has 2 rings (SSSR count). The molecule has 138 valence electrons. The fourth-order valence-corrected chi connectivity index (χ4v) is 2.27. The van der Waals surface area contributed by atoms with Crippen molar-refractivity contribution in [2.45, 2.75) is 6.42 Å². The molecule has 7 heteroatoms. The van der Waals surface area contributed by atoms with Gasteiger partial charge in [-0.1, -0.05) is 6.07 Å². The Kier molecular flexibility index (Phi) is 6.84. The lowest BCUT2D eigenvalue weighted by atomic mass is 10.2. The molecule has 0 saturated carbocycles. The topological polar surface area (TPSA) is 85.9 Å². The van der Waals surface area contributed by atoms with Gasteiger partial charge in [0.05, 0.1) is 27.0 Å². The third-order valence-corrected chi connectivity index (χ3v) is 3.65. The number of ether oxygens (including phenoxy) is 3. The van der Waals surface area contributed by atoms with Crippen LogP contribution in [0.3, 0.4) is 0 Å². The van der Waals surface area contributed by atoms with Crippen LogP contribution in [0.2, 0.25) is 0 Å². The number of rotatable bonds is 8. The molecule has 2 aromatic rings. The van der Waals surface area contributed by atoms with Gasteiger partial charge in [-0.05, 0) is 30.3 Å². The Morgan fingerprint density at radius 3 is 2.35 bits per heavy atom. The zero-order chi connectivity index (χ0) is 18.9. The first kappa shape index (κ1) is 19.1. The van der Waals surface area contributed by atoms with Gasteiger partial charge in [0.25, 0.3) is 5.91 Å². The number of carbonyl (C=O) groups is 2. The molecular weight excluding hydrogens is 336 g/mol. The number of anilines is 1. The third-order valence-electron chi connectivity index (χ3n) is 3.65. The molecule has 26 heavy (non-hydrogen) atoms. The Labute approximate surface area is 152 Å². The van der Waals surface area contributed by atoms with E-state index in [1.165, 1.54) is 14.2 Å². The number of amides is 2. The highest BCUT2D eigenvalue weighted by atomic mass is 16.5. The molecule has 0 atom stereocenters. The van der Waals surface area contributed by atoms with Crippen LogP contribution in [-0.2, 0) is 4.79 Å². The second-order valence-electron chi connectivity index (χ2n) is 5.35. The van der Waals surface area contributed by atoms with Crippen LogP contribution >= 0.6 is 0 Å². The predicted octanol–water partition coefficient (Wildman–Crippen LogP) is 2.47. The summed E-state index contributed by atoms with van der Waals surface area (Å²) in [5.41, 5.74) is 1.01. The minimum atomic E-state index is -0.265. The van der Waals surface area contributed by atoms with Gasteiger partial charge in [0, 0.05) is 24.6 Å². The van der Waals surface area contributed by atoms with Crippen molar-refractivity contribution in [2.75, 3.05) is 33.2 Å². The standard InChI is InChI=1S/C19H22N2O5/c1-24-14-6-4-5-13(11-14)19(23)20-10-9-18(22)21-16-8-7-15(25-2)12-17(16)26-3/h4-8,11-12H,9-10H2,1-3H3,(H,20,23)(H,21,22). The maximum atomic E-state index is 12.1. The zero-order valence-electron chi connectivity index (χ0n) is 15.0. The molecule has 2 aromatic carbocycles. The van der Waals surface area contributed by atoms with Crippen LogP contribution in [0.1, 0.15) is 16.8 Å². The summed E-state index contributed by atoms with van der Waals surface area (Å²) in [7, 11) is 4.60. The van der Waals surface area contributed by atoms with Gasteiger partial charge in [0.15, 0.2) is 0 Å². The average Bonchev–Trinajstić information content (AvgIpc) is 2.68. The molecule has 0 fully saturated rings. The third kappa shape index (κ3) is 5.14. The van der Waals surface area contributed by atoms with E-state index in [9.17, 15) is 9.59 Å². The number of hydrogen-bond acceptors (Lipinski definition) is 5. The molecule has 0 radical (unpaired) electrons. The Hall–Kier alpha value is -3.22. The van der Waals surface area contributed by atoms with Crippen molar-refractivity contribution in [3.63, 3.8) is 0 Å². The van der Waals surface area contributed by atoms with Gasteiger partial charge in [-0.15, -0.1) is 0 Å². The molecule has 7 nitrogen and oxygen atoms in total. The van der Waals surface area contributed by atoms with Crippen molar-refractivity contribution in [3.05, 3.63) is 48.0 Å². The highest BCUT2D eigenvalue weighted by molar-refractivity contribution is 5.96. The van der Waals surface area contributed by atoms with Gasteiger partial charge in [0.1, 0.15) is 17.2 Å². The fourth-order valence-electron chi connectivity index (χ4n) is 2.27. The highest BCUT2D eigenvalue weighted by Crippen LogP contribution is 2.29. The van der Waals surface area contributed by atoms with E-state index in [-0.39, 0.29) is 24.8 Å². The van der Waals surface area contributed by atoms with Gasteiger partial charge in [0.2, 0.25) is 5.91 Å². The second-order valence-corrected chi connectivity index (χ2v) is 5.35. The summed E-state index contributed by atoms with van der Waals surface area (Å²) in [5, 5.41) is 5.46.